The van der Waals surface area contributed by atoms with Gasteiger partial charge in [-0.05, 0) is 62.1 Å². The van der Waals surface area contributed by atoms with Crippen LogP contribution in [0.3, 0.4) is 0 Å². The fourth-order valence-electron chi connectivity index (χ4n) is 2.21. The minimum absolute atomic E-state index is 0.484. The van der Waals surface area contributed by atoms with Crippen LogP contribution in [-0.4, -0.2) is 6.09 Å². The topological polar surface area (TPSA) is 38.3 Å². The molecule has 0 bridgehead atoms. The molecule has 0 radical (unpaired) electrons. The van der Waals surface area contributed by atoms with Gasteiger partial charge >= 0.3 is 6.09 Å². The van der Waals surface area contributed by atoms with Gasteiger partial charge in [0.25, 0.3) is 0 Å². The van der Waals surface area contributed by atoms with E-state index in [4.69, 9.17) is 16.3 Å². The van der Waals surface area contributed by atoms with Gasteiger partial charge in [0.15, 0.2) is 0 Å². The molecule has 4 heteroatoms. The first-order chi connectivity index (χ1) is 9.88. The summed E-state index contributed by atoms with van der Waals surface area (Å²) in [5, 5.41) is 3.48. The number of hydrogen-bond acceptors (Lipinski definition) is 2. The number of para-hydroxylation sites is 1. The maximum absolute atomic E-state index is 12.0. The highest BCUT2D eigenvalue weighted by atomic mass is 35.5. The molecular weight excluding hydrogens is 286 g/mol. The van der Waals surface area contributed by atoms with Crippen LogP contribution < -0.4 is 10.1 Å². The molecule has 0 fully saturated rings. The number of carbonyl (C=O) groups is 1. The standard InChI is InChI=1S/C17H18ClNO2/c1-10-6-5-7-11(2)16(10)19-17(20)21-14-8-12(3)15(18)13(4)9-14/h5-9H,1-4H3,(H,19,20). The van der Waals surface area contributed by atoms with E-state index in [9.17, 15) is 4.79 Å². The summed E-state index contributed by atoms with van der Waals surface area (Å²) < 4.78 is 5.34. The SMILES string of the molecule is Cc1cc(OC(=O)Nc2c(C)cccc2C)cc(C)c1Cl. The van der Waals surface area contributed by atoms with Gasteiger partial charge in [-0.15, -0.1) is 0 Å². The molecule has 0 aliphatic heterocycles. The van der Waals surface area contributed by atoms with Crippen molar-refractivity contribution in [2.45, 2.75) is 27.7 Å². The minimum atomic E-state index is -0.506. The molecule has 0 heterocycles. The summed E-state index contributed by atoms with van der Waals surface area (Å²) in [5.41, 5.74) is 4.54. The number of ether oxygens (including phenoxy) is 1. The van der Waals surface area contributed by atoms with Gasteiger partial charge < -0.3 is 4.74 Å². The molecule has 0 saturated carbocycles. The summed E-state index contributed by atoms with van der Waals surface area (Å²) in [6.45, 7) is 7.65. The number of anilines is 1. The summed E-state index contributed by atoms with van der Waals surface area (Å²) in [6, 6.07) is 9.34. The number of benzene rings is 2. The molecule has 0 atom stereocenters. The van der Waals surface area contributed by atoms with E-state index in [2.05, 4.69) is 5.32 Å². The lowest BCUT2D eigenvalue weighted by molar-refractivity contribution is 0.215. The predicted octanol–water partition coefficient (Wildman–Crippen LogP) is 5.18. The van der Waals surface area contributed by atoms with E-state index in [1.54, 1.807) is 12.1 Å². The highest BCUT2D eigenvalue weighted by Gasteiger charge is 2.11. The summed E-state index contributed by atoms with van der Waals surface area (Å²) in [6.07, 6.45) is -0.506. The third-order valence-corrected chi connectivity index (χ3v) is 3.92. The van der Waals surface area contributed by atoms with E-state index in [-0.39, 0.29) is 0 Å². The van der Waals surface area contributed by atoms with E-state index in [1.165, 1.54) is 0 Å². The van der Waals surface area contributed by atoms with Crippen LogP contribution in [0.15, 0.2) is 30.3 Å². The van der Waals surface area contributed by atoms with E-state index in [0.29, 0.717) is 10.8 Å². The monoisotopic (exact) mass is 303 g/mol. The Morgan fingerprint density at radius 3 is 2.05 bits per heavy atom. The van der Waals surface area contributed by atoms with Crippen molar-refractivity contribution in [2.75, 3.05) is 5.32 Å². The molecule has 0 saturated heterocycles. The van der Waals surface area contributed by atoms with E-state index < -0.39 is 6.09 Å². The molecule has 0 aromatic heterocycles. The second-order valence-corrected chi connectivity index (χ2v) is 5.53. The van der Waals surface area contributed by atoms with Crippen molar-refractivity contribution in [2.24, 2.45) is 0 Å². The van der Waals surface area contributed by atoms with Gasteiger partial charge in [-0.3, -0.25) is 5.32 Å². The van der Waals surface area contributed by atoms with Gasteiger partial charge in [0, 0.05) is 10.7 Å². The molecule has 0 aliphatic rings. The highest BCUT2D eigenvalue weighted by Crippen LogP contribution is 2.26. The zero-order valence-corrected chi connectivity index (χ0v) is 13.3. The second-order valence-electron chi connectivity index (χ2n) is 5.15. The number of amides is 1. The summed E-state index contributed by atoms with van der Waals surface area (Å²) in [7, 11) is 0. The Morgan fingerprint density at radius 1 is 1.00 bits per heavy atom. The van der Waals surface area contributed by atoms with Gasteiger partial charge in [0.1, 0.15) is 5.75 Å². The molecule has 0 spiro atoms. The lowest BCUT2D eigenvalue weighted by Crippen LogP contribution is -2.18. The Labute approximate surface area is 129 Å². The van der Waals surface area contributed by atoms with Crippen LogP contribution in [0.5, 0.6) is 5.75 Å². The summed E-state index contributed by atoms with van der Waals surface area (Å²) in [4.78, 5) is 12.0. The van der Waals surface area contributed by atoms with Crippen LogP contribution in [0.1, 0.15) is 22.3 Å². The summed E-state index contributed by atoms with van der Waals surface area (Å²) in [5.74, 6) is 0.484. The van der Waals surface area contributed by atoms with Crippen molar-refractivity contribution in [1.29, 1.82) is 0 Å². The number of nitrogens with one attached hydrogen (secondary N) is 1. The third-order valence-electron chi connectivity index (χ3n) is 3.33. The predicted molar refractivity (Wildman–Crippen MR) is 86.5 cm³/mol. The zero-order valence-electron chi connectivity index (χ0n) is 12.6. The number of carbonyl (C=O) groups excluding carboxylic acids is 1. The first-order valence-corrected chi connectivity index (χ1v) is 7.08. The van der Waals surface area contributed by atoms with Crippen molar-refractivity contribution >= 4 is 23.4 Å². The third kappa shape index (κ3) is 3.56. The van der Waals surface area contributed by atoms with Gasteiger partial charge in [-0.1, -0.05) is 29.8 Å². The molecule has 3 nitrogen and oxygen atoms in total. The largest absolute Gasteiger partial charge is 0.417 e. The molecule has 1 amide bonds. The first kappa shape index (κ1) is 15.4. The van der Waals surface area contributed by atoms with Crippen LogP contribution in [0.4, 0.5) is 10.5 Å². The maximum atomic E-state index is 12.0. The van der Waals surface area contributed by atoms with Gasteiger partial charge in [0.05, 0.1) is 0 Å². The minimum Gasteiger partial charge on any atom is -0.410 e. The van der Waals surface area contributed by atoms with Crippen molar-refractivity contribution in [1.82, 2.24) is 0 Å². The summed E-state index contributed by atoms with van der Waals surface area (Å²) >= 11 is 6.10. The lowest BCUT2D eigenvalue weighted by Gasteiger charge is -2.12. The Balaban J connectivity index is 2.16. The second kappa shape index (κ2) is 6.19. The molecule has 110 valence electrons. The Morgan fingerprint density at radius 2 is 1.52 bits per heavy atom. The number of halogens is 1. The molecule has 2 aromatic carbocycles. The maximum Gasteiger partial charge on any atom is 0.417 e. The average molecular weight is 304 g/mol. The zero-order chi connectivity index (χ0) is 15.6. The van der Waals surface area contributed by atoms with Crippen molar-refractivity contribution in [3.8, 4) is 5.75 Å². The molecule has 1 N–H and O–H groups in total. The molecule has 0 aliphatic carbocycles. The van der Waals surface area contributed by atoms with Crippen LogP contribution in [0.25, 0.3) is 0 Å². The van der Waals surface area contributed by atoms with Gasteiger partial charge in [0.2, 0.25) is 0 Å². The van der Waals surface area contributed by atoms with Crippen molar-refractivity contribution < 1.29 is 9.53 Å². The van der Waals surface area contributed by atoms with Crippen molar-refractivity contribution in [3.63, 3.8) is 0 Å². The molecule has 2 rings (SSSR count). The highest BCUT2D eigenvalue weighted by molar-refractivity contribution is 6.32. The van der Waals surface area contributed by atoms with Crippen LogP contribution in [0.2, 0.25) is 5.02 Å². The Hall–Kier alpha value is -2.00. The molecule has 0 unspecified atom stereocenters. The van der Waals surface area contributed by atoms with E-state index >= 15 is 0 Å². The average Bonchev–Trinajstić information content (AvgIpc) is 2.40. The van der Waals surface area contributed by atoms with Crippen molar-refractivity contribution in [3.05, 3.63) is 57.6 Å². The van der Waals surface area contributed by atoms with Crippen LogP contribution >= 0.6 is 11.6 Å². The fourth-order valence-corrected chi connectivity index (χ4v) is 2.32. The first-order valence-electron chi connectivity index (χ1n) is 6.70. The van der Waals surface area contributed by atoms with E-state index in [0.717, 1.165) is 27.9 Å². The quantitative estimate of drug-likeness (QED) is 0.829. The Bertz CT molecular complexity index is 652. The van der Waals surface area contributed by atoms with Crippen LogP contribution in [0, 0.1) is 27.7 Å². The lowest BCUT2D eigenvalue weighted by atomic mass is 10.1. The Kier molecular flexibility index (Phi) is 4.53. The van der Waals surface area contributed by atoms with Gasteiger partial charge in [-0.2, -0.15) is 0 Å². The number of aryl methyl sites for hydroxylation is 4. The van der Waals surface area contributed by atoms with Crippen LogP contribution in [-0.2, 0) is 0 Å². The molecular formula is C17H18ClNO2. The number of hydrogen-bond donors (Lipinski definition) is 1. The normalized spacial score (nSPS) is 10.3. The molecule has 21 heavy (non-hydrogen) atoms. The van der Waals surface area contributed by atoms with Gasteiger partial charge in [-0.25, -0.2) is 4.79 Å². The number of rotatable bonds is 2. The van der Waals surface area contributed by atoms with E-state index in [1.807, 2.05) is 45.9 Å². The fraction of sp³-hybridized carbons (Fsp3) is 0.235. The smallest absolute Gasteiger partial charge is 0.410 e. The molecule has 2 aromatic rings.